The molecule has 2 aromatic heterocycles. The number of hydrogen-bond acceptors (Lipinski definition) is 7. The summed E-state index contributed by atoms with van der Waals surface area (Å²) in [6.07, 6.45) is 1.02. The molecule has 0 unspecified atom stereocenters. The lowest BCUT2D eigenvalue weighted by molar-refractivity contribution is 0.414. The maximum absolute atomic E-state index is 5.28. The van der Waals surface area contributed by atoms with Crippen LogP contribution in [-0.2, 0) is 6.54 Å². The molecule has 0 fully saturated rings. The topological polar surface area (TPSA) is 90.9 Å². The lowest BCUT2D eigenvalue weighted by Crippen LogP contribution is -2.17. The van der Waals surface area contributed by atoms with Gasteiger partial charge in [-0.2, -0.15) is 9.97 Å². The molecule has 0 saturated carbocycles. The van der Waals surface area contributed by atoms with Crippen molar-refractivity contribution in [2.45, 2.75) is 13.0 Å². The number of hydrogen-bond donors (Lipinski definition) is 1. The van der Waals surface area contributed by atoms with Crippen LogP contribution in [0.1, 0.15) is 6.42 Å². The lowest BCUT2D eigenvalue weighted by Gasteiger charge is -2.12. The van der Waals surface area contributed by atoms with Gasteiger partial charge in [-0.3, -0.25) is 0 Å². The van der Waals surface area contributed by atoms with Gasteiger partial charge in [0.1, 0.15) is 5.75 Å². The summed E-state index contributed by atoms with van der Waals surface area (Å²) in [5.74, 6) is 2.77. The molecule has 1 aliphatic rings. The fourth-order valence-corrected chi connectivity index (χ4v) is 2.32. The fraction of sp³-hybridized carbons (Fsp3) is 0.286. The molecule has 22 heavy (non-hydrogen) atoms. The van der Waals surface area contributed by atoms with Crippen LogP contribution in [0.25, 0.3) is 23.1 Å². The Hall–Kier alpha value is -2.90. The zero-order valence-electron chi connectivity index (χ0n) is 12.0. The van der Waals surface area contributed by atoms with Crippen LogP contribution in [0.5, 0.6) is 5.75 Å². The number of ether oxygens (including phenoxy) is 1. The quantitative estimate of drug-likeness (QED) is 0.788. The SMILES string of the molecule is COc1ccc(-c2noc(-c3nc4n(n3)CCCN4)n2)cc1. The van der Waals surface area contributed by atoms with Gasteiger partial charge >= 0.3 is 0 Å². The molecule has 0 spiro atoms. The van der Waals surface area contributed by atoms with E-state index in [1.54, 1.807) is 7.11 Å². The second kappa shape index (κ2) is 5.14. The van der Waals surface area contributed by atoms with Gasteiger partial charge in [0.15, 0.2) is 0 Å². The third-order valence-corrected chi connectivity index (χ3v) is 3.47. The molecule has 0 radical (unpaired) electrons. The first-order valence-electron chi connectivity index (χ1n) is 7.01. The van der Waals surface area contributed by atoms with Gasteiger partial charge in [-0.05, 0) is 30.7 Å². The molecule has 0 amide bonds. The lowest BCUT2D eigenvalue weighted by atomic mass is 10.2. The number of nitrogens with zero attached hydrogens (tertiary/aromatic N) is 5. The summed E-state index contributed by atoms with van der Waals surface area (Å²) in [5, 5.41) is 11.6. The van der Waals surface area contributed by atoms with E-state index in [9.17, 15) is 0 Å². The van der Waals surface area contributed by atoms with E-state index in [1.807, 2.05) is 28.9 Å². The number of aryl methyl sites for hydroxylation is 1. The van der Waals surface area contributed by atoms with Gasteiger partial charge in [-0.25, -0.2) is 4.68 Å². The number of benzene rings is 1. The Bertz CT molecular complexity index is 769. The molecule has 0 saturated heterocycles. The smallest absolute Gasteiger partial charge is 0.297 e. The molecule has 0 atom stereocenters. The predicted octanol–water partition coefficient (Wildman–Crippen LogP) is 1.82. The molecule has 0 bridgehead atoms. The highest BCUT2D eigenvalue weighted by molar-refractivity contribution is 5.58. The van der Waals surface area contributed by atoms with E-state index in [2.05, 4.69) is 25.5 Å². The second-order valence-electron chi connectivity index (χ2n) is 4.91. The highest BCUT2D eigenvalue weighted by Gasteiger charge is 2.19. The second-order valence-corrected chi connectivity index (χ2v) is 4.91. The maximum Gasteiger partial charge on any atom is 0.297 e. The van der Waals surface area contributed by atoms with Crippen molar-refractivity contribution in [3.8, 4) is 28.9 Å². The summed E-state index contributed by atoms with van der Waals surface area (Å²) < 4.78 is 12.2. The predicted molar refractivity (Wildman–Crippen MR) is 78.4 cm³/mol. The van der Waals surface area contributed by atoms with Crippen LogP contribution in [0.4, 0.5) is 5.95 Å². The summed E-state index contributed by atoms with van der Waals surface area (Å²) in [4.78, 5) is 8.74. The van der Waals surface area contributed by atoms with Crippen molar-refractivity contribution < 1.29 is 9.26 Å². The number of anilines is 1. The van der Waals surface area contributed by atoms with Crippen LogP contribution in [0, 0.1) is 0 Å². The zero-order chi connectivity index (χ0) is 14.9. The fourth-order valence-electron chi connectivity index (χ4n) is 2.32. The van der Waals surface area contributed by atoms with Gasteiger partial charge in [0, 0.05) is 18.7 Å². The number of fused-ring (bicyclic) bond motifs is 1. The van der Waals surface area contributed by atoms with E-state index < -0.39 is 0 Å². The van der Waals surface area contributed by atoms with E-state index >= 15 is 0 Å². The van der Waals surface area contributed by atoms with Crippen molar-refractivity contribution in [3.63, 3.8) is 0 Å². The molecule has 1 aliphatic heterocycles. The van der Waals surface area contributed by atoms with E-state index in [0.717, 1.165) is 36.8 Å². The standard InChI is InChI=1S/C14H14N6O2/c1-21-10-5-3-9(4-6-10)11-16-13(22-19-11)12-17-14-15-7-2-8-20(14)18-12/h3-6H,2,7-8H2,1H3,(H,15,17,18). The van der Waals surface area contributed by atoms with Gasteiger partial charge in [0.2, 0.25) is 17.6 Å². The van der Waals surface area contributed by atoms with Crippen LogP contribution in [0.15, 0.2) is 28.8 Å². The molecule has 8 heteroatoms. The summed E-state index contributed by atoms with van der Waals surface area (Å²) in [6.45, 7) is 1.74. The summed E-state index contributed by atoms with van der Waals surface area (Å²) in [5.41, 5.74) is 0.845. The minimum atomic E-state index is 0.314. The summed E-state index contributed by atoms with van der Waals surface area (Å²) >= 11 is 0. The third-order valence-electron chi connectivity index (χ3n) is 3.47. The van der Waals surface area contributed by atoms with Crippen molar-refractivity contribution in [2.75, 3.05) is 19.0 Å². The Morgan fingerprint density at radius 1 is 1.18 bits per heavy atom. The Balaban J connectivity index is 1.64. The van der Waals surface area contributed by atoms with Gasteiger partial charge in [-0.1, -0.05) is 5.16 Å². The number of rotatable bonds is 3. The summed E-state index contributed by atoms with van der Waals surface area (Å²) in [7, 11) is 1.63. The first kappa shape index (κ1) is 12.8. The normalized spacial score (nSPS) is 13.5. The minimum absolute atomic E-state index is 0.314. The van der Waals surface area contributed by atoms with Crippen molar-refractivity contribution in [3.05, 3.63) is 24.3 Å². The van der Waals surface area contributed by atoms with Gasteiger partial charge in [0.05, 0.1) is 7.11 Å². The number of aromatic nitrogens is 5. The molecule has 4 rings (SSSR count). The first-order valence-corrected chi connectivity index (χ1v) is 7.01. The Kier molecular flexibility index (Phi) is 2.99. The average Bonchev–Trinajstić information content (AvgIpc) is 3.21. The van der Waals surface area contributed by atoms with Gasteiger partial charge < -0.3 is 14.6 Å². The van der Waals surface area contributed by atoms with E-state index in [1.165, 1.54) is 0 Å². The maximum atomic E-state index is 5.28. The van der Waals surface area contributed by atoms with Gasteiger partial charge in [0.25, 0.3) is 5.89 Å². The zero-order valence-corrected chi connectivity index (χ0v) is 12.0. The highest BCUT2D eigenvalue weighted by Crippen LogP contribution is 2.23. The largest absolute Gasteiger partial charge is 0.497 e. The molecule has 3 aromatic rings. The Morgan fingerprint density at radius 3 is 2.82 bits per heavy atom. The summed E-state index contributed by atoms with van der Waals surface area (Å²) in [6, 6.07) is 7.45. The molecule has 0 aliphatic carbocycles. The molecular weight excluding hydrogens is 284 g/mol. The molecule has 8 nitrogen and oxygen atoms in total. The van der Waals surface area contributed by atoms with Crippen LogP contribution in [-0.4, -0.2) is 38.6 Å². The Labute approximate surface area is 126 Å². The Morgan fingerprint density at radius 2 is 2.05 bits per heavy atom. The van der Waals surface area contributed by atoms with Crippen LogP contribution >= 0.6 is 0 Å². The van der Waals surface area contributed by atoms with Crippen molar-refractivity contribution in [1.82, 2.24) is 24.9 Å². The van der Waals surface area contributed by atoms with E-state index in [4.69, 9.17) is 9.26 Å². The molecule has 112 valence electrons. The minimum Gasteiger partial charge on any atom is -0.497 e. The van der Waals surface area contributed by atoms with E-state index in [0.29, 0.717) is 17.5 Å². The molecular formula is C14H14N6O2. The molecule has 1 aromatic carbocycles. The number of nitrogens with one attached hydrogen (secondary N) is 1. The van der Waals surface area contributed by atoms with Crippen LogP contribution in [0.3, 0.4) is 0 Å². The average molecular weight is 298 g/mol. The van der Waals surface area contributed by atoms with Crippen LogP contribution in [0.2, 0.25) is 0 Å². The third kappa shape index (κ3) is 2.18. The van der Waals surface area contributed by atoms with Crippen molar-refractivity contribution in [1.29, 1.82) is 0 Å². The van der Waals surface area contributed by atoms with E-state index in [-0.39, 0.29) is 0 Å². The van der Waals surface area contributed by atoms with Crippen molar-refractivity contribution in [2.24, 2.45) is 0 Å². The molecule has 3 heterocycles. The first-order chi connectivity index (χ1) is 10.8. The molecule has 1 N–H and O–H groups in total. The van der Waals surface area contributed by atoms with Crippen LogP contribution < -0.4 is 10.1 Å². The van der Waals surface area contributed by atoms with Crippen molar-refractivity contribution >= 4 is 5.95 Å². The highest BCUT2D eigenvalue weighted by atomic mass is 16.5. The number of methoxy groups -OCH3 is 1. The monoisotopic (exact) mass is 298 g/mol. The van der Waals surface area contributed by atoms with Gasteiger partial charge in [-0.15, -0.1) is 5.10 Å².